The molecule has 1 aliphatic rings. The van der Waals surface area contributed by atoms with Crippen LogP contribution in [0.1, 0.15) is 26.7 Å². The van der Waals surface area contributed by atoms with Gasteiger partial charge >= 0.3 is 0 Å². The van der Waals surface area contributed by atoms with Gasteiger partial charge in [-0.3, -0.25) is 9.59 Å². The highest BCUT2D eigenvalue weighted by atomic mass is 32.2. The predicted molar refractivity (Wildman–Crippen MR) is 65.4 cm³/mol. The number of carbonyl (C=O) groups is 2. The highest BCUT2D eigenvalue weighted by Gasteiger charge is 2.21. The predicted octanol–water partition coefficient (Wildman–Crippen LogP) is 0.510. The molecule has 0 fully saturated rings. The van der Waals surface area contributed by atoms with E-state index in [1.807, 2.05) is 6.26 Å². The van der Waals surface area contributed by atoms with E-state index in [1.54, 1.807) is 11.8 Å². The minimum Gasteiger partial charge on any atom is -0.350 e. The second kappa shape index (κ2) is 5.34. The zero-order valence-corrected chi connectivity index (χ0v) is 10.6. The normalized spacial score (nSPS) is 16.4. The molecule has 6 heteroatoms. The van der Waals surface area contributed by atoms with E-state index in [2.05, 4.69) is 29.7 Å². The quantitative estimate of drug-likeness (QED) is 0.756. The molecule has 16 heavy (non-hydrogen) atoms. The van der Waals surface area contributed by atoms with E-state index >= 15 is 0 Å². The molecule has 0 unspecified atom stereocenters. The van der Waals surface area contributed by atoms with Crippen molar-refractivity contribution in [2.75, 3.05) is 12.8 Å². The molecule has 2 N–H and O–H groups in total. The summed E-state index contributed by atoms with van der Waals surface area (Å²) in [6, 6.07) is 0. The van der Waals surface area contributed by atoms with Crippen LogP contribution in [-0.2, 0) is 9.59 Å². The van der Waals surface area contributed by atoms with Crippen molar-refractivity contribution in [3.8, 4) is 0 Å². The first-order valence-electron chi connectivity index (χ1n) is 5.13. The molecule has 0 bridgehead atoms. The van der Waals surface area contributed by atoms with Crippen LogP contribution in [0.25, 0.3) is 0 Å². The molecular weight excluding hydrogens is 226 g/mol. The Labute approximate surface area is 99.4 Å². The van der Waals surface area contributed by atoms with Crippen LogP contribution in [0.3, 0.4) is 0 Å². The van der Waals surface area contributed by atoms with Gasteiger partial charge < -0.3 is 5.32 Å². The van der Waals surface area contributed by atoms with Crippen LogP contribution in [0.5, 0.6) is 0 Å². The van der Waals surface area contributed by atoms with Crippen molar-refractivity contribution in [3.63, 3.8) is 0 Å². The van der Waals surface area contributed by atoms with Crippen molar-refractivity contribution in [3.05, 3.63) is 0 Å². The standard InChI is InChI=1S/C10H17N3O2S/c1-10(2,16-3)6-11-9(15)7-4-5-8(14)13-12-7/h4-6H2,1-3H3,(H,11,15)(H,13,14). The maximum atomic E-state index is 11.7. The molecule has 0 aromatic carbocycles. The molecule has 0 aliphatic carbocycles. The summed E-state index contributed by atoms with van der Waals surface area (Å²) in [5.74, 6) is -0.330. The van der Waals surface area contributed by atoms with Crippen LogP contribution in [-0.4, -0.2) is 35.1 Å². The van der Waals surface area contributed by atoms with Crippen LogP contribution in [0.15, 0.2) is 5.10 Å². The lowest BCUT2D eigenvalue weighted by molar-refractivity contribution is -0.121. The number of hydrazone groups is 1. The number of amides is 2. The van der Waals surface area contributed by atoms with Gasteiger partial charge in [0.1, 0.15) is 5.71 Å². The van der Waals surface area contributed by atoms with Gasteiger partial charge in [0.05, 0.1) is 0 Å². The molecule has 2 amide bonds. The van der Waals surface area contributed by atoms with Gasteiger partial charge in [0.2, 0.25) is 5.91 Å². The molecule has 0 saturated heterocycles. The average Bonchev–Trinajstić information content (AvgIpc) is 2.27. The zero-order valence-electron chi connectivity index (χ0n) is 9.79. The summed E-state index contributed by atoms with van der Waals surface area (Å²) in [5, 5.41) is 6.55. The molecule has 90 valence electrons. The number of carbonyl (C=O) groups excluding carboxylic acids is 2. The van der Waals surface area contributed by atoms with Gasteiger partial charge in [-0.15, -0.1) is 0 Å². The van der Waals surface area contributed by atoms with Crippen LogP contribution < -0.4 is 10.7 Å². The Hall–Kier alpha value is -1.04. The number of nitrogens with one attached hydrogen (secondary N) is 2. The Morgan fingerprint density at radius 1 is 1.56 bits per heavy atom. The molecule has 0 aromatic heterocycles. The van der Waals surface area contributed by atoms with E-state index in [1.165, 1.54) is 0 Å². The Kier molecular flexibility index (Phi) is 4.35. The van der Waals surface area contributed by atoms with Gasteiger partial charge in [-0.1, -0.05) is 0 Å². The number of hydrogen-bond donors (Lipinski definition) is 2. The third kappa shape index (κ3) is 3.84. The second-order valence-electron chi connectivity index (χ2n) is 4.24. The van der Waals surface area contributed by atoms with Crippen molar-refractivity contribution in [2.45, 2.75) is 31.4 Å². The van der Waals surface area contributed by atoms with Crippen molar-refractivity contribution >= 4 is 29.3 Å². The average molecular weight is 243 g/mol. The van der Waals surface area contributed by atoms with E-state index < -0.39 is 0 Å². The molecule has 1 rings (SSSR count). The largest absolute Gasteiger partial charge is 0.350 e. The highest BCUT2D eigenvalue weighted by Crippen LogP contribution is 2.19. The first kappa shape index (κ1) is 13.0. The van der Waals surface area contributed by atoms with Crippen molar-refractivity contribution < 1.29 is 9.59 Å². The number of thioether (sulfide) groups is 1. The molecule has 0 atom stereocenters. The zero-order chi connectivity index (χ0) is 12.2. The molecule has 0 radical (unpaired) electrons. The summed E-state index contributed by atoms with van der Waals surface area (Å²) in [7, 11) is 0. The van der Waals surface area contributed by atoms with Crippen molar-refractivity contribution in [1.29, 1.82) is 0 Å². The third-order valence-corrected chi connectivity index (χ3v) is 3.64. The Morgan fingerprint density at radius 2 is 2.25 bits per heavy atom. The van der Waals surface area contributed by atoms with Gasteiger partial charge in [0.15, 0.2) is 0 Å². The van der Waals surface area contributed by atoms with Crippen LogP contribution >= 0.6 is 11.8 Å². The van der Waals surface area contributed by atoms with Gasteiger partial charge in [-0.25, -0.2) is 5.43 Å². The number of rotatable bonds is 4. The fourth-order valence-electron chi connectivity index (χ4n) is 1.11. The Balaban J connectivity index is 2.44. The Morgan fingerprint density at radius 3 is 2.75 bits per heavy atom. The van der Waals surface area contributed by atoms with Gasteiger partial charge in [-0.05, 0) is 20.1 Å². The summed E-state index contributed by atoms with van der Waals surface area (Å²) in [6.45, 7) is 4.70. The summed E-state index contributed by atoms with van der Waals surface area (Å²) < 4.78 is 0.00807. The van der Waals surface area contributed by atoms with Crippen LogP contribution in [0.2, 0.25) is 0 Å². The minimum absolute atomic E-state index is 0.00807. The first-order valence-corrected chi connectivity index (χ1v) is 6.36. The fraction of sp³-hybridized carbons (Fsp3) is 0.700. The molecule has 1 aliphatic heterocycles. The first-order chi connectivity index (χ1) is 7.44. The lowest BCUT2D eigenvalue weighted by Crippen LogP contribution is -2.42. The molecule has 1 heterocycles. The Bertz CT molecular complexity index is 326. The molecular formula is C10H17N3O2S. The van der Waals surface area contributed by atoms with Crippen molar-refractivity contribution in [1.82, 2.24) is 10.7 Å². The number of hydrogen-bond acceptors (Lipinski definition) is 4. The molecule has 0 aromatic rings. The molecule has 5 nitrogen and oxygen atoms in total. The monoisotopic (exact) mass is 243 g/mol. The van der Waals surface area contributed by atoms with Crippen LogP contribution in [0, 0.1) is 0 Å². The fourth-order valence-corrected chi connectivity index (χ4v) is 1.32. The second-order valence-corrected chi connectivity index (χ2v) is 5.75. The summed E-state index contributed by atoms with van der Waals surface area (Å²) in [4.78, 5) is 22.5. The third-order valence-electron chi connectivity index (χ3n) is 2.39. The van der Waals surface area contributed by atoms with Crippen molar-refractivity contribution in [2.24, 2.45) is 5.10 Å². The van der Waals surface area contributed by atoms with E-state index in [4.69, 9.17) is 0 Å². The topological polar surface area (TPSA) is 70.6 Å². The van der Waals surface area contributed by atoms with Crippen LogP contribution in [0.4, 0.5) is 0 Å². The van der Waals surface area contributed by atoms with Gasteiger partial charge in [-0.2, -0.15) is 16.9 Å². The SMILES string of the molecule is CSC(C)(C)CNC(=O)C1=NNC(=O)CC1. The van der Waals surface area contributed by atoms with E-state index in [0.29, 0.717) is 25.1 Å². The molecule has 0 saturated carbocycles. The van der Waals surface area contributed by atoms with E-state index in [9.17, 15) is 9.59 Å². The highest BCUT2D eigenvalue weighted by molar-refractivity contribution is 7.99. The van der Waals surface area contributed by atoms with Gasteiger partial charge in [0.25, 0.3) is 5.91 Å². The maximum absolute atomic E-state index is 11.7. The summed E-state index contributed by atoms with van der Waals surface area (Å²) in [5.41, 5.74) is 2.71. The van der Waals surface area contributed by atoms with E-state index in [0.717, 1.165) is 0 Å². The smallest absolute Gasteiger partial charge is 0.267 e. The molecule has 0 spiro atoms. The number of nitrogens with zero attached hydrogens (tertiary/aromatic N) is 1. The summed E-state index contributed by atoms with van der Waals surface area (Å²) >= 11 is 1.69. The lowest BCUT2D eigenvalue weighted by atomic mass is 10.1. The minimum atomic E-state index is -0.192. The maximum Gasteiger partial charge on any atom is 0.267 e. The summed E-state index contributed by atoms with van der Waals surface area (Å²) in [6.07, 6.45) is 2.75. The van der Waals surface area contributed by atoms with E-state index in [-0.39, 0.29) is 16.6 Å². The lowest BCUT2D eigenvalue weighted by Gasteiger charge is -2.22. The van der Waals surface area contributed by atoms with Gasteiger partial charge in [0, 0.05) is 24.1 Å².